The van der Waals surface area contributed by atoms with E-state index >= 15 is 0 Å². The van der Waals surface area contributed by atoms with Crippen LogP contribution in [0, 0.1) is 0 Å². The highest BCUT2D eigenvalue weighted by molar-refractivity contribution is 6.20. The minimum Gasteiger partial charge on any atom is -0.497 e. The van der Waals surface area contributed by atoms with Crippen molar-refractivity contribution in [2.45, 2.75) is 18.8 Å². The first-order valence-electron chi connectivity index (χ1n) is 6.24. The smallest absolute Gasteiger partial charge is 0.312 e. The highest BCUT2D eigenvalue weighted by atomic mass is 35.5. The number of hydrogen-bond donors (Lipinski definition) is 2. The maximum absolute atomic E-state index is 10.7. The number of halogens is 1. The predicted octanol–water partition coefficient (Wildman–Crippen LogP) is 2.01. The lowest BCUT2D eigenvalue weighted by atomic mass is 10.3. The lowest BCUT2D eigenvalue weighted by Crippen LogP contribution is -2.32. The third-order valence-corrected chi connectivity index (χ3v) is 3.17. The van der Waals surface area contributed by atoms with E-state index in [9.17, 15) is 4.79 Å². The van der Waals surface area contributed by atoms with E-state index in [1.165, 1.54) is 0 Å². The number of rotatable bonds is 5. The number of nitrogens with zero attached hydrogens (tertiary/aromatic N) is 2. The number of carbonyl (C=O) groups excluding carboxylic acids is 1. The minimum absolute atomic E-state index is 0.234. The number of urea groups is 1. The van der Waals surface area contributed by atoms with E-state index < -0.39 is 6.03 Å². The molecule has 0 saturated carbocycles. The highest BCUT2D eigenvalue weighted by Crippen LogP contribution is 2.26. The zero-order valence-corrected chi connectivity index (χ0v) is 12.1. The van der Waals surface area contributed by atoms with E-state index in [1.807, 2.05) is 29.7 Å². The molecule has 7 heteroatoms. The molecule has 6 nitrogen and oxygen atoms in total. The summed E-state index contributed by atoms with van der Waals surface area (Å²) < 4.78 is 7.16. The van der Waals surface area contributed by atoms with Gasteiger partial charge in [-0.2, -0.15) is 0 Å². The van der Waals surface area contributed by atoms with E-state index in [2.05, 4.69) is 10.3 Å². The third kappa shape index (κ3) is 2.96. The van der Waals surface area contributed by atoms with Gasteiger partial charge in [0.05, 0.1) is 23.5 Å². The van der Waals surface area contributed by atoms with Crippen molar-refractivity contribution in [1.29, 1.82) is 0 Å². The Morgan fingerprint density at radius 1 is 1.60 bits per heavy atom. The van der Waals surface area contributed by atoms with Crippen molar-refractivity contribution in [3.8, 4) is 5.75 Å². The van der Waals surface area contributed by atoms with Gasteiger partial charge in [-0.3, -0.25) is 0 Å². The summed E-state index contributed by atoms with van der Waals surface area (Å²) in [5.41, 5.74) is 6.82. The maximum Gasteiger partial charge on any atom is 0.312 e. The van der Waals surface area contributed by atoms with Crippen molar-refractivity contribution in [3.63, 3.8) is 0 Å². The first-order chi connectivity index (χ1) is 9.52. The molecule has 1 atom stereocenters. The molecule has 0 bridgehead atoms. The van der Waals surface area contributed by atoms with Crippen molar-refractivity contribution >= 4 is 28.7 Å². The first-order valence-corrected chi connectivity index (χ1v) is 6.68. The number of fused-ring (bicyclic) bond motifs is 1. The SMILES string of the molecule is COc1ccc2c(c1)nc(C(C)Cl)n2CCNC(N)=O. The Labute approximate surface area is 121 Å². The van der Waals surface area contributed by atoms with Gasteiger partial charge in [-0.1, -0.05) is 0 Å². The molecule has 0 aliphatic carbocycles. The number of carbonyl (C=O) groups is 1. The van der Waals surface area contributed by atoms with Crippen LogP contribution in [0.4, 0.5) is 4.79 Å². The summed E-state index contributed by atoms with van der Waals surface area (Å²) in [6.07, 6.45) is 0. The standard InChI is InChI=1S/C13H17ClN4O2/c1-8(14)12-17-10-7-9(20-2)3-4-11(10)18(12)6-5-16-13(15)19/h3-4,7-8H,5-6H2,1-2H3,(H3,15,16,19). The Kier molecular flexibility index (Phi) is 4.34. The van der Waals surface area contributed by atoms with Gasteiger partial charge in [-0.25, -0.2) is 9.78 Å². The fourth-order valence-corrected chi connectivity index (χ4v) is 2.25. The van der Waals surface area contributed by atoms with Crippen LogP contribution in [0.5, 0.6) is 5.75 Å². The fourth-order valence-electron chi connectivity index (χ4n) is 2.08. The van der Waals surface area contributed by atoms with Gasteiger partial charge in [-0.15, -0.1) is 11.6 Å². The molecule has 1 unspecified atom stereocenters. The van der Waals surface area contributed by atoms with Crippen LogP contribution in [0.3, 0.4) is 0 Å². The summed E-state index contributed by atoms with van der Waals surface area (Å²) >= 11 is 6.17. The molecule has 2 rings (SSSR count). The van der Waals surface area contributed by atoms with Gasteiger partial charge < -0.3 is 20.4 Å². The summed E-state index contributed by atoms with van der Waals surface area (Å²) in [7, 11) is 1.61. The lowest BCUT2D eigenvalue weighted by Gasteiger charge is -2.10. The maximum atomic E-state index is 10.7. The fraction of sp³-hybridized carbons (Fsp3) is 0.385. The quantitative estimate of drug-likeness (QED) is 0.828. The van der Waals surface area contributed by atoms with E-state index in [0.717, 1.165) is 22.6 Å². The molecule has 0 spiro atoms. The van der Waals surface area contributed by atoms with Crippen LogP contribution >= 0.6 is 11.6 Å². The molecule has 3 N–H and O–H groups in total. The molecular weight excluding hydrogens is 280 g/mol. The van der Waals surface area contributed by atoms with Gasteiger partial charge in [0.2, 0.25) is 0 Å². The van der Waals surface area contributed by atoms with Crippen molar-refractivity contribution in [2.75, 3.05) is 13.7 Å². The van der Waals surface area contributed by atoms with Crippen LogP contribution < -0.4 is 15.8 Å². The molecular formula is C13H17ClN4O2. The molecule has 20 heavy (non-hydrogen) atoms. The average molecular weight is 297 g/mol. The Morgan fingerprint density at radius 3 is 2.95 bits per heavy atom. The second kappa shape index (κ2) is 6.00. The number of hydrogen-bond acceptors (Lipinski definition) is 3. The largest absolute Gasteiger partial charge is 0.497 e. The van der Waals surface area contributed by atoms with E-state index in [-0.39, 0.29) is 5.38 Å². The van der Waals surface area contributed by atoms with Crippen molar-refractivity contribution < 1.29 is 9.53 Å². The van der Waals surface area contributed by atoms with Gasteiger partial charge in [0.15, 0.2) is 0 Å². The van der Waals surface area contributed by atoms with Gasteiger partial charge in [0, 0.05) is 19.2 Å². The molecule has 108 valence electrons. The van der Waals surface area contributed by atoms with Gasteiger partial charge in [-0.05, 0) is 19.1 Å². The number of primary amides is 1. The first kappa shape index (κ1) is 14.5. The number of nitrogens with one attached hydrogen (secondary N) is 1. The molecule has 1 aromatic carbocycles. The monoisotopic (exact) mass is 296 g/mol. The van der Waals surface area contributed by atoms with Gasteiger partial charge in [0.25, 0.3) is 0 Å². The Bertz CT molecular complexity index is 624. The number of amides is 2. The lowest BCUT2D eigenvalue weighted by molar-refractivity contribution is 0.248. The predicted molar refractivity (Wildman–Crippen MR) is 78.1 cm³/mol. The second-order valence-electron chi connectivity index (χ2n) is 4.38. The number of methoxy groups -OCH3 is 1. The van der Waals surface area contributed by atoms with Crippen LogP contribution in [0.25, 0.3) is 11.0 Å². The molecule has 2 aromatic rings. The zero-order chi connectivity index (χ0) is 14.7. The number of aromatic nitrogens is 2. The molecule has 1 aromatic heterocycles. The Hall–Kier alpha value is -1.95. The van der Waals surface area contributed by atoms with Crippen LogP contribution in [-0.4, -0.2) is 29.2 Å². The number of ether oxygens (including phenoxy) is 1. The molecule has 2 amide bonds. The van der Waals surface area contributed by atoms with Gasteiger partial charge in [0.1, 0.15) is 11.6 Å². The molecule has 0 aliphatic rings. The highest BCUT2D eigenvalue weighted by Gasteiger charge is 2.15. The van der Waals surface area contributed by atoms with Crippen molar-refractivity contribution in [3.05, 3.63) is 24.0 Å². The van der Waals surface area contributed by atoms with E-state index in [4.69, 9.17) is 22.1 Å². The van der Waals surface area contributed by atoms with Gasteiger partial charge >= 0.3 is 6.03 Å². The minimum atomic E-state index is -0.545. The van der Waals surface area contributed by atoms with Crippen molar-refractivity contribution in [1.82, 2.24) is 14.9 Å². The number of benzene rings is 1. The van der Waals surface area contributed by atoms with E-state index in [0.29, 0.717) is 13.1 Å². The summed E-state index contributed by atoms with van der Waals surface area (Å²) in [5.74, 6) is 1.49. The third-order valence-electron chi connectivity index (χ3n) is 2.98. The summed E-state index contributed by atoms with van der Waals surface area (Å²) in [6.45, 7) is 2.83. The van der Waals surface area contributed by atoms with Crippen molar-refractivity contribution in [2.24, 2.45) is 5.73 Å². The van der Waals surface area contributed by atoms with Crippen LogP contribution in [0.15, 0.2) is 18.2 Å². The summed E-state index contributed by atoms with van der Waals surface area (Å²) in [5, 5.41) is 2.33. The molecule has 0 radical (unpaired) electrons. The normalized spacial score (nSPS) is 12.3. The average Bonchev–Trinajstić information content (AvgIpc) is 2.76. The topological polar surface area (TPSA) is 82.2 Å². The van der Waals surface area contributed by atoms with E-state index in [1.54, 1.807) is 7.11 Å². The zero-order valence-electron chi connectivity index (χ0n) is 11.4. The second-order valence-corrected chi connectivity index (χ2v) is 5.04. The van der Waals surface area contributed by atoms with Crippen LogP contribution in [0.1, 0.15) is 18.1 Å². The molecule has 0 saturated heterocycles. The Balaban J connectivity index is 2.38. The molecule has 0 aliphatic heterocycles. The number of alkyl halides is 1. The van der Waals surface area contributed by atoms with Crippen LogP contribution in [0.2, 0.25) is 0 Å². The molecule has 1 heterocycles. The summed E-state index contributed by atoms with van der Waals surface area (Å²) in [4.78, 5) is 15.3. The number of nitrogens with two attached hydrogens (primary N) is 1. The summed E-state index contributed by atoms with van der Waals surface area (Å²) in [6, 6.07) is 5.10. The Morgan fingerprint density at radius 2 is 2.35 bits per heavy atom. The van der Waals surface area contributed by atoms with Crippen LogP contribution in [-0.2, 0) is 6.54 Å². The molecule has 0 fully saturated rings. The number of imidazole rings is 1.